The van der Waals surface area contributed by atoms with Gasteiger partial charge in [-0.15, -0.1) is 0 Å². The highest BCUT2D eigenvalue weighted by molar-refractivity contribution is 5.96. The SMILES string of the molecule is Cc1cccc(C(=O)NCC(=O)NCc2ccccc2CN2CCN(c3ccccc3)CC2)c1. The molecule has 0 radical (unpaired) electrons. The van der Waals surface area contributed by atoms with Gasteiger partial charge in [0.15, 0.2) is 0 Å². The summed E-state index contributed by atoms with van der Waals surface area (Å²) in [5, 5.41) is 5.64. The van der Waals surface area contributed by atoms with Gasteiger partial charge in [-0.05, 0) is 42.3 Å². The first-order chi connectivity index (χ1) is 16.6. The Morgan fingerprint density at radius 1 is 0.794 bits per heavy atom. The lowest BCUT2D eigenvalue weighted by atomic mass is 10.1. The number of nitrogens with one attached hydrogen (secondary N) is 2. The monoisotopic (exact) mass is 456 g/mol. The molecule has 0 atom stereocenters. The number of amides is 2. The molecular weight excluding hydrogens is 424 g/mol. The molecule has 34 heavy (non-hydrogen) atoms. The van der Waals surface area contributed by atoms with Crippen LogP contribution in [0.1, 0.15) is 27.0 Å². The Hall–Kier alpha value is -3.64. The second-order valence-corrected chi connectivity index (χ2v) is 8.70. The molecule has 3 aromatic carbocycles. The molecule has 176 valence electrons. The van der Waals surface area contributed by atoms with Crippen LogP contribution in [0.4, 0.5) is 5.69 Å². The van der Waals surface area contributed by atoms with Crippen LogP contribution in [0.3, 0.4) is 0 Å². The molecule has 0 spiro atoms. The Labute approximate surface area is 201 Å². The molecule has 2 amide bonds. The zero-order valence-corrected chi connectivity index (χ0v) is 19.7. The number of piperazine rings is 1. The van der Waals surface area contributed by atoms with E-state index in [1.807, 2.05) is 43.3 Å². The van der Waals surface area contributed by atoms with E-state index >= 15 is 0 Å². The normalized spacial score (nSPS) is 14.0. The molecule has 0 aromatic heterocycles. The maximum absolute atomic E-state index is 12.3. The van der Waals surface area contributed by atoms with E-state index in [1.54, 1.807) is 6.07 Å². The molecule has 0 saturated carbocycles. The average molecular weight is 457 g/mol. The largest absolute Gasteiger partial charge is 0.369 e. The van der Waals surface area contributed by atoms with Crippen molar-refractivity contribution in [1.82, 2.24) is 15.5 Å². The maximum atomic E-state index is 12.3. The van der Waals surface area contributed by atoms with Crippen LogP contribution in [0, 0.1) is 6.92 Å². The van der Waals surface area contributed by atoms with Gasteiger partial charge in [-0.1, -0.05) is 60.2 Å². The first kappa shape index (κ1) is 23.5. The van der Waals surface area contributed by atoms with E-state index in [0.717, 1.165) is 43.9 Å². The Morgan fingerprint density at radius 3 is 2.24 bits per heavy atom. The number of aryl methyl sites for hydroxylation is 1. The Balaban J connectivity index is 1.25. The summed E-state index contributed by atoms with van der Waals surface area (Å²) in [6, 6.07) is 26.1. The first-order valence-electron chi connectivity index (χ1n) is 11.8. The van der Waals surface area contributed by atoms with Gasteiger partial charge in [0.25, 0.3) is 5.91 Å². The number of carbonyl (C=O) groups excluding carboxylic acids is 2. The molecular formula is C28H32N4O2. The highest BCUT2D eigenvalue weighted by Gasteiger charge is 2.18. The number of carbonyl (C=O) groups is 2. The molecule has 1 aliphatic rings. The van der Waals surface area contributed by atoms with Crippen LogP contribution in [0.15, 0.2) is 78.9 Å². The van der Waals surface area contributed by atoms with Gasteiger partial charge in [0, 0.05) is 50.5 Å². The number of hydrogen-bond acceptors (Lipinski definition) is 4. The van der Waals surface area contributed by atoms with Crippen molar-refractivity contribution >= 4 is 17.5 Å². The molecule has 2 N–H and O–H groups in total. The zero-order valence-electron chi connectivity index (χ0n) is 19.7. The van der Waals surface area contributed by atoms with Crippen LogP contribution in [-0.4, -0.2) is 49.4 Å². The van der Waals surface area contributed by atoms with E-state index in [9.17, 15) is 9.59 Å². The highest BCUT2D eigenvalue weighted by atomic mass is 16.2. The molecule has 0 unspecified atom stereocenters. The summed E-state index contributed by atoms with van der Waals surface area (Å²) in [7, 11) is 0. The summed E-state index contributed by atoms with van der Waals surface area (Å²) >= 11 is 0. The van der Waals surface area contributed by atoms with E-state index in [1.165, 1.54) is 11.3 Å². The summed E-state index contributed by atoms with van der Waals surface area (Å²) in [6.45, 7) is 7.20. The van der Waals surface area contributed by atoms with Crippen LogP contribution in [0.2, 0.25) is 0 Å². The molecule has 0 aliphatic carbocycles. The fourth-order valence-corrected chi connectivity index (χ4v) is 4.23. The standard InChI is InChI=1S/C28H32N4O2/c1-22-8-7-11-23(18-22)28(34)30-20-27(33)29-19-24-9-5-6-10-25(24)21-31-14-16-32(17-15-31)26-12-3-2-4-13-26/h2-13,18H,14-17,19-21H2,1H3,(H,29,33)(H,30,34). The van der Waals surface area contributed by atoms with Crippen molar-refractivity contribution in [3.05, 3.63) is 101 Å². The average Bonchev–Trinajstić information content (AvgIpc) is 2.87. The number of hydrogen-bond donors (Lipinski definition) is 2. The van der Waals surface area contributed by atoms with Gasteiger partial charge in [-0.3, -0.25) is 14.5 Å². The molecule has 1 fully saturated rings. The van der Waals surface area contributed by atoms with Gasteiger partial charge in [0.1, 0.15) is 0 Å². The van der Waals surface area contributed by atoms with E-state index < -0.39 is 0 Å². The van der Waals surface area contributed by atoms with Crippen molar-refractivity contribution in [3.8, 4) is 0 Å². The van der Waals surface area contributed by atoms with Crippen LogP contribution in [0.5, 0.6) is 0 Å². The predicted molar refractivity (Wildman–Crippen MR) is 136 cm³/mol. The van der Waals surface area contributed by atoms with Crippen LogP contribution in [0.25, 0.3) is 0 Å². The van der Waals surface area contributed by atoms with Crippen molar-refractivity contribution in [3.63, 3.8) is 0 Å². The lowest BCUT2D eigenvalue weighted by Crippen LogP contribution is -2.46. The summed E-state index contributed by atoms with van der Waals surface area (Å²) < 4.78 is 0. The highest BCUT2D eigenvalue weighted by Crippen LogP contribution is 2.18. The third kappa shape index (κ3) is 6.45. The topological polar surface area (TPSA) is 64.7 Å². The van der Waals surface area contributed by atoms with Gasteiger partial charge in [-0.2, -0.15) is 0 Å². The third-order valence-corrected chi connectivity index (χ3v) is 6.17. The predicted octanol–water partition coefficient (Wildman–Crippen LogP) is 3.36. The zero-order chi connectivity index (χ0) is 23.8. The smallest absolute Gasteiger partial charge is 0.251 e. The minimum absolute atomic E-state index is 0.0453. The van der Waals surface area contributed by atoms with E-state index in [0.29, 0.717) is 12.1 Å². The van der Waals surface area contributed by atoms with Gasteiger partial charge >= 0.3 is 0 Å². The number of nitrogens with zero attached hydrogens (tertiary/aromatic N) is 2. The second-order valence-electron chi connectivity index (χ2n) is 8.70. The van der Waals surface area contributed by atoms with Gasteiger partial charge in [0.2, 0.25) is 5.91 Å². The molecule has 6 nitrogen and oxygen atoms in total. The molecule has 1 heterocycles. The van der Waals surface area contributed by atoms with Crippen molar-refractivity contribution < 1.29 is 9.59 Å². The fraction of sp³-hybridized carbons (Fsp3) is 0.286. The van der Waals surface area contributed by atoms with Gasteiger partial charge < -0.3 is 15.5 Å². The Kier molecular flexibility index (Phi) is 7.94. The van der Waals surface area contributed by atoms with Crippen molar-refractivity contribution in [2.24, 2.45) is 0 Å². The minimum Gasteiger partial charge on any atom is -0.369 e. The van der Waals surface area contributed by atoms with Crippen molar-refractivity contribution in [2.75, 3.05) is 37.6 Å². The van der Waals surface area contributed by atoms with Crippen molar-refractivity contribution in [1.29, 1.82) is 0 Å². The Bertz CT molecular complexity index is 1110. The summed E-state index contributed by atoms with van der Waals surface area (Å²) in [5.74, 6) is -0.443. The number of rotatable bonds is 8. The fourth-order valence-electron chi connectivity index (χ4n) is 4.23. The number of para-hydroxylation sites is 1. The number of benzene rings is 3. The van der Waals surface area contributed by atoms with E-state index in [2.05, 4.69) is 56.8 Å². The Morgan fingerprint density at radius 2 is 1.50 bits per heavy atom. The quantitative estimate of drug-likeness (QED) is 0.546. The van der Waals surface area contributed by atoms with Crippen molar-refractivity contribution in [2.45, 2.75) is 20.0 Å². The summed E-state index contributed by atoms with van der Waals surface area (Å²) in [6.07, 6.45) is 0. The number of anilines is 1. The third-order valence-electron chi connectivity index (χ3n) is 6.17. The van der Waals surface area contributed by atoms with Crippen LogP contribution in [-0.2, 0) is 17.9 Å². The van der Waals surface area contributed by atoms with Crippen LogP contribution < -0.4 is 15.5 Å². The molecule has 3 aromatic rings. The van der Waals surface area contributed by atoms with E-state index in [4.69, 9.17) is 0 Å². The molecule has 0 bridgehead atoms. The second kappa shape index (κ2) is 11.5. The molecule has 6 heteroatoms. The molecule has 4 rings (SSSR count). The van der Waals surface area contributed by atoms with Gasteiger partial charge in [-0.25, -0.2) is 0 Å². The summed E-state index contributed by atoms with van der Waals surface area (Å²) in [4.78, 5) is 29.5. The summed E-state index contributed by atoms with van der Waals surface area (Å²) in [5.41, 5.74) is 5.17. The minimum atomic E-state index is -0.242. The van der Waals surface area contributed by atoms with E-state index in [-0.39, 0.29) is 18.4 Å². The van der Waals surface area contributed by atoms with Gasteiger partial charge in [0.05, 0.1) is 6.54 Å². The molecule has 1 saturated heterocycles. The maximum Gasteiger partial charge on any atom is 0.251 e. The lowest BCUT2D eigenvalue weighted by Gasteiger charge is -2.36. The van der Waals surface area contributed by atoms with Crippen LogP contribution >= 0.6 is 0 Å². The first-order valence-corrected chi connectivity index (χ1v) is 11.8. The lowest BCUT2D eigenvalue weighted by molar-refractivity contribution is -0.120. The molecule has 1 aliphatic heterocycles.